The third-order valence-electron chi connectivity index (χ3n) is 3.22. The zero-order valence-electron chi connectivity index (χ0n) is 8.79. The molecule has 0 aromatic heterocycles. The van der Waals surface area contributed by atoms with Gasteiger partial charge in [0.15, 0.2) is 0 Å². The minimum absolute atomic E-state index is 0.767. The number of nitrogens with two attached hydrogens (primary N) is 1. The van der Waals surface area contributed by atoms with Gasteiger partial charge in [-0.3, -0.25) is 0 Å². The van der Waals surface area contributed by atoms with Crippen LogP contribution < -0.4 is 11.1 Å². The van der Waals surface area contributed by atoms with Gasteiger partial charge in [0, 0.05) is 6.54 Å². The summed E-state index contributed by atoms with van der Waals surface area (Å²) in [6.07, 6.45) is 6.76. The molecule has 78 valence electrons. The Balaban J connectivity index is 1.96. The number of nitrogens with zero attached hydrogens (tertiary/aromatic N) is 1. The minimum Gasteiger partial charge on any atom is -0.386 e. The van der Waals surface area contributed by atoms with Crippen LogP contribution in [0.5, 0.6) is 0 Å². The quantitative estimate of drug-likeness (QED) is 0.643. The van der Waals surface area contributed by atoms with Gasteiger partial charge < -0.3 is 16.0 Å². The molecule has 3 nitrogen and oxygen atoms in total. The van der Waals surface area contributed by atoms with Crippen LogP contribution in [0.1, 0.15) is 12.8 Å². The molecule has 0 spiro atoms. The predicted molar refractivity (Wildman–Crippen MR) is 58.6 cm³/mol. The average molecular weight is 193 g/mol. The van der Waals surface area contributed by atoms with Crippen LogP contribution in [0.2, 0.25) is 0 Å². The second-order valence-electron chi connectivity index (χ2n) is 4.29. The first kappa shape index (κ1) is 9.59. The molecular weight excluding hydrogens is 174 g/mol. The Labute approximate surface area is 85.6 Å². The fourth-order valence-electron chi connectivity index (χ4n) is 2.18. The van der Waals surface area contributed by atoms with Gasteiger partial charge in [0.2, 0.25) is 0 Å². The van der Waals surface area contributed by atoms with Gasteiger partial charge in [-0.2, -0.15) is 0 Å². The van der Waals surface area contributed by atoms with Crippen LogP contribution in [0.15, 0.2) is 23.5 Å². The first-order valence-electron chi connectivity index (χ1n) is 5.34. The van der Waals surface area contributed by atoms with E-state index in [2.05, 4.69) is 23.3 Å². The number of likely N-dealkylation sites (tertiary alicyclic amines) is 1. The molecule has 0 aliphatic carbocycles. The van der Waals surface area contributed by atoms with E-state index < -0.39 is 0 Å². The van der Waals surface area contributed by atoms with E-state index in [0.717, 1.165) is 18.3 Å². The second kappa shape index (κ2) is 4.05. The summed E-state index contributed by atoms with van der Waals surface area (Å²) in [5, 5.41) is 3.20. The van der Waals surface area contributed by atoms with Crippen LogP contribution in [0.25, 0.3) is 0 Å². The molecule has 1 saturated heterocycles. The summed E-state index contributed by atoms with van der Waals surface area (Å²) >= 11 is 0. The van der Waals surface area contributed by atoms with Gasteiger partial charge in [-0.1, -0.05) is 6.08 Å². The first-order chi connectivity index (χ1) is 6.75. The fourth-order valence-corrected chi connectivity index (χ4v) is 2.18. The van der Waals surface area contributed by atoms with E-state index in [0.29, 0.717) is 0 Å². The van der Waals surface area contributed by atoms with Crippen molar-refractivity contribution in [3.8, 4) is 0 Å². The second-order valence-corrected chi connectivity index (χ2v) is 4.29. The Bertz CT molecular complexity index is 260. The van der Waals surface area contributed by atoms with Crippen molar-refractivity contribution in [2.45, 2.75) is 12.8 Å². The monoisotopic (exact) mass is 193 g/mol. The maximum atomic E-state index is 5.65. The van der Waals surface area contributed by atoms with E-state index >= 15 is 0 Å². The van der Waals surface area contributed by atoms with Crippen LogP contribution in [0.3, 0.4) is 0 Å². The molecule has 2 aliphatic rings. The van der Waals surface area contributed by atoms with Crippen molar-refractivity contribution in [1.82, 2.24) is 10.2 Å². The Morgan fingerprint density at radius 2 is 2.07 bits per heavy atom. The highest BCUT2D eigenvalue weighted by molar-refractivity contribution is 5.24. The van der Waals surface area contributed by atoms with Crippen molar-refractivity contribution in [2.75, 3.05) is 26.7 Å². The molecule has 3 N–H and O–H groups in total. The van der Waals surface area contributed by atoms with Crippen LogP contribution in [-0.2, 0) is 0 Å². The average Bonchev–Trinajstić information content (AvgIpc) is 2.21. The number of nitrogens with one attached hydrogen (secondary N) is 1. The number of piperidine rings is 1. The zero-order valence-corrected chi connectivity index (χ0v) is 8.79. The van der Waals surface area contributed by atoms with Crippen molar-refractivity contribution < 1.29 is 0 Å². The first-order valence-corrected chi connectivity index (χ1v) is 5.34. The predicted octanol–water partition coefficient (Wildman–Crippen LogP) is 0.658. The molecule has 0 aromatic rings. The number of hydrogen-bond acceptors (Lipinski definition) is 3. The van der Waals surface area contributed by atoms with Gasteiger partial charge in [0.05, 0.1) is 5.82 Å². The summed E-state index contributed by atoms with van der Waals surface area (Å²) in [7, 11) is 2.20. The van der Waals surface area contributed by atoms with Crippen LogP contribution in [0, 0.1) is 5.92 Å². The lowest BCUT2D eigenvalue weighted by Gasteiger charge is -2.31. The number of hydrogen-bond donors (Lipinski definition) is 2. The SMILES string of the molecule is CN1CCC(C2=CC=C(N)NC2)CC1. The topological polar surface area (TPSA) is 41.3 Å². The summed E-state index contributed by atoms with van der Waals surface area (Å²) in [4.78, 5) is 2.40. The molecule has 0 amide bonds. The molecule has 0 bridgehead atoms. The van der Waals surface area contributed by atoms with Crippen molar-refractivity contribution in [3.63, 3.8) is 0 Å². The standard InChI is InChI=1S/C11H19N3/c1-14-6-4-9(5-7-14)10-2-3-11(12)13-8-10/h2-3,9,13H,4-8,12H2,1H3. The van der Waals surface area contributed by atoms with E-state index in [1.807, 2.05) is 6.08 Å². The smallest absolute Gasteiger partial charge is 0.0962 e. The summed E-state index contributed by atoms with van der Waals surface area (Å²) in [5.74, 6) is 1.56. The lowest BCUT2D eigenvalue weighted by atomic mass is 9.88. The fraction of sp³-hybridized carbons (Fsp3) is 0.636. The highest BCUT2D eigenvalue weighted by atomic mass is 15.1. The van der Waals surface area contributed by atoms with E-state index in [9.17, 15) is 0 Å². The molecule has 2 heterocycles. The third kappa shape index (κ3) is 2.10. The molecule has 2 rings (SSSR count). The molecule has 0 radical (unpaired) electrons. The maximum Gasteiger partial charge on any atom is 0.0962 e. The number of dihydropyridines is 1. The van der Waals surface area contributed by atoms with Gasteiger partial charge in [0.25, 0.3) is 0 Å². The van der Waals surface area contributed by atoms with Gasteiger partial charge >= 0.3 is 0 Å². The van der Waals surface area contributed by atoms with Crippen LogP contribution in [0.4, 0.5) is 0 Å². The molecule has 2 aliphatic heterocycles. The maximum absolute atomic E-state index is 5.65. The highest BCUT2D eigenvalue weighted by Crippen LogP contribution is 2.24. The molecular formula is C11H19N3. The number of allylic oxidation sites excluding steroid dienone is 2. The van der Waals surface area contributed by atoms with Gasteiger partial charge in [0.1, 0.15) is 0 Å². The third-order valence-corrected chi connectivity index (χ3v) is 3.22. The van der Waals surface area contributed by atoms with Crippen LogP contribution in [-0.4, -0.2) is 31.6 Å². The van der Waals surface area contributed by atoms with Gasteiger partial charge in [-0.25, -0.2) is 0 Å². The summed E-state index contributed by atoms with van der Waals surface area (Å²) in [6, 6.07) is 0. The normalized spacial score (nSPS) is 25.2. The number of rotatable bonds is 1. The minimum atomic E-state index is 0.767. The van der Waals surface area contributed by atoms with E-state index in [1.165, 1.54) is 31.5 Å². The molecule has 0 aromatic carbocycles. The Hall–Kier alpha value is -0.960. The largest absolute Gasteiger partial charge is 0.386 e. The van der Waals surface area contributed by atoms with Crippen molar-refractivity contribution in [3.05, 3.63) is 23.5 Å². The molecule has 14 heavy (non-hydrogen) atoms. The summed E-state index contributed by atoms with van der Waals surface area (Å²) < 4.78 is 0. The Morgan fingerprint density at radius 1 is 1.36 bits per heavy atom. The molecule has 1 fully saturated rings. The highest BCUT2D eigenvalue weighted by Gasteiger charge is 2.20. The Kier molecular flexibility index (Phi) is 2.77. The summed E-state index contributed by atoms with van der Waals surface area (Å²) in [5.41, 5.74) is 7.17. The lowest BCUT2D eigenvalue weighted by Crippen LogP contribution is -2.34. The van der Waals surface area contributed by atoms with Gasteiger partial charge in [-0.15, -0.1) is 0 Å². The summed E-state index contributed by atoms with van der Waals surface area (Å²) in [6.45, 7) is 3.39. The molecule has 0 unspecified atom stereocenters. The molecule has 0 saturated carbocycles. The van der Waals surface area contributed by atoms with Crippen molar-refractivity contribution >= 4 is 0 Å². The van der Waals surface area contributed by atoms with Crippen molar-refractivity contribution in [2.24, 2.45) is 11.7 Å². The Morgan fingerprint density at radius 3 is 2.64 bits per heavy atom. The van der Waals surface area contributed by atoms with E-state index in [1.54, 1.807) is 0 Å². The molecule has 3 heteroatoms. The van der Waals surface area contributed by atoms with E-state index in [-0.39, 0.29) is 0 Å². The molecule has 0 atom stereocenters. The van der Waals surface area contributed by atoms with E-state index in [4.69, 9.17) is 5.73 Å². The van der Waals surface area contributed by atoms with Crippen LogP contribution >= 0.6 is 0 Å². The van der Waals surface area contributed by atoms with Crippen molar-refractivity contribution in [1.29, 1.82) is 0 Å². The zero-order chi connectivity index (χ0) is 9.97. The lowest BCUT2D eigenvalue weighted by molar-refractivity contribution is 0.236. The van der Waals surface area contributed by atoms with Gasteiger partial charge in [-0.05, 0) is 50.5 Å².